The molecule has 5 atom stereocenters. The predicted molar refractivity (Wildman–Crippen MR) is 180 cm³/mol. The molecule has 12 nitrogen and oxygen atoms in total. The van der Waals surface area contributed by atoms with Gasteiger partial charge in [0.05, 0.1) is 18.7 Å². The summed E-state index contributed by atoms with van der Waals surface area (Å²) in [6.45, 7) is 13.3. The molecule has 2 N–H and O–H groups in total. The van der Waals surface area contributed by atoms with Crippen molar-refractivity contribution in [2.45, 2.75) is 96.4 Å². The lowest BCUT2D eigenvalue weighted by Gasteiger charge is -2.42. The second-order valence-electron chi connectivity index (χ2n) is 15.3. The van der Waals surface area contributed by atoms with Gasteiger partial charge in [-0.15, -0.1) is 0 Å². The molecule has 2 aliphatic heterocycles. The lowest BCUT2D eigenvalue weighted by molar-refractivity contribution is -0.275. The van der Waals surface area contributed by atoms with Crippen molar-refractivity contribution >= 4 is 29.0 Å². The number of H-pyrrole nitrogens is 1. The van der Waals surface area contributed by atoms with Crippen LogP contribution in [0, 0.1) is 17.6 Å². The number of alkyl carbamates (subject to hydrolysis) is 1. The number of imidazole rings is 1. The second-order valence-corrected chi connectivity index (χ2v) is 15.3. The van der Waals surface area contributed by atoms with Gasteiger partial charge in [-0.25, -0.2) is 23.9 Å². The van der Waals surface area contributed by atoms with E-state index in [1.54, 1.807) is 47.6 Å². The Morgan fingerprint density at radius 3 is 2.35 bits per heavy atom. The topological polar surface area (TPSA) is 131 Å². The van der Waals surface area contributed by atoms with Crippen LogP contribution in [-0.4, -0.2) is 94.3 Å². The van der Waals surface area contributed by atoms with Gasteiger partial charge in [0.2, 0.25) is 5.82 Å². The number of halogens is 5. The quantitative estimate of drug-likeness (QED) is 0.257. The largest absolute Gasteiger partial charge is 0.493 e. The average Bonchev–Trinajstić information content (AvgIpc) is 3.58. The van der Waals surface area contributed by atoms with Gasteiger partial charge < -0.3 is 34.1 Å². The number of rotatable bonds is 6. The van der Waals surface area contributed by atoms with Crippen LogP contribution in [0.1, 0.15) is 78.8 Å². The molecule has 1 unspecified atom stereocenters. The minimum absolute atomic E-state index is 0.00795. The van der Waals surface area contributed by atoms with E-state index in [0.717, 1.165) is 20.1 Å². The molecule has 3 aromatic rings. The van der Waals surface area contributed by atoms with Crippen molar-refractivity contribution in [1.82, 2.24) is 25.2 Å². The van der Waals surface area contributed by atoms with Crippen LogP contribution in [0.3, 0.4) is 0 Å². The molecular weight excluding hydrogens is 695 g/mol. The van der Waals surface area contributed by atoms with Gasteiger partial charge >= 0.3 is 18.4 Å². The van der Waals surface area contributed by atoms with Gasteiger partial charge in [-0.3, -0.25) is 4.90 Å². The highest BCUT2D eigenvalue weighted by Crippen LogP contribution is 2.59. The number of carbonyl (C=O) groups is 2. The number of hydrogen-bond acceptors (Lipinski definition) is 9. The molecule has 4 heterocycles. The molecule has 2 aliphatic rings. The fraction of sp³-hybridized carbons (Fsp3) is 0.600. The molecule has 0 aliphatic carbocycles. The molecule has 2 fully saturated rings. The first-order valence-electron chi connectivity index (χ1n) is 16.9. The second kappa shape index (κ2) is 13.9. The summed E-state index contributed by atoms with van der Waals surface area (Å²) >= 11 is 0. The van der Waals surface area contributed by atoms with Crippen molar-refractivity contribution < 1.29 is 50.5 Å². The minimum atomic E-state index is -4.83. The molecular formula is C35H45F5N6O6. The molecule has 52 heavy (non-hydrogen) atoms. The average molecular weight is 741 g/mol. The van der Waals surface area contributed by atoms with E-state index in [2.05, 4.69) is 15.3 Å². The lowest BCUT2D eigenvalue weighted by Crippen LogP contribution is -2.59. The molecule has 2 amide bonds. The van der Waals surface area contributed by atoms with Crippen LogP contribution < -0.4 is 15.0 Å². The number of nitrogens with one attached hydrogen (secondary N) is 2. The summed E-state index contributed by atoms with van der Waals surface area (Å²) in [5, 5.41) is 2.72. The van der Waals surface area contributed by atoms with Gasteiger partial charge in [0.15, 0.2) is 23.0 Å². The van der Waals surface area contributed by atoms with Crippen LogP contribution in [0.15, 0.2) is 24.4 Å². The number of nitrogens with zero attached hydrogens (tertiary/aromatic N) is 4. The zero-order chi connectivity index (χ0) is 38.6. The standard InChI is InChI=1S/C35H45F5N6O6/c1-18-23(20-10-11-21(36)24(37)26(20)49-9)27(50-34(18,8)35(38,39)40)28-43-22-12-13-41-29(25(22)44-28)45-14-15-46(31(48)52-33(5,6)7)19(17-45)16-42-30(47)51-32(2,3)4/h10-13,18-19,23,27H,14-17H2,1-9H3,(H,42,47)(H,43,44)/t18-,19?,23-,27+,34+/m0/s1. The monoisotopic (exact) mass is 740 g/mol. The smallest absolute Gasteiger partial charge is 0.417 e. The highest BCUT2D eigenvalue weighted by molar-refractivity contribution is 5.86. The van der Waals surface area contributed by atoms with Crippen LogP contribution in [0.4, 0.5) is 37.4 Å². The predicted octanol–water partition coefficient (Wildman–Crippen LogP) is 7.01. The maximum absolute atomic E-state index is 14.9. The number of piperazine rings is 1. The Hall–Kier alpha value is -4.41. The summed E-state index contributed by atoms with van der Waals surface area (Å²) < 4.78 is 95.0. The number of aromatic nitrogens is 3. The number of aromatic amines is 1. The summed E-state index contributed by atoms with van der Waals surface area (Å²) in [7, 11) is 1.11. The van der Waals surface area contributed by atoms with Crippen molar-refractivity contribution in [1.29, 1.82) is 0 Å². The van der Waals surface area contributed by atoms with Crippen molar-refractivity contribution in [2.24, 2.45) is 5.92 Å². The van der Waals surface area contributed by atoms with Crippen LogP contribution in [0.25, 0.3) is 11.0 Å². The van der Waals surface area contributed by atoms with Gasteiger partial charge in [0.25, 0.3) is 0 Å². The molecule has 1 aromatic carbocycles. The summed E-state index contributed by atoms with van der Waals surface area (Å²) in [4.78, 5) is 41.5. The third-order valence-electron chi connectivity index (χ3n) is 9.27. The number of carbonyl (C=O) groups excluding carboxylic acids is 2. The van der Waals surface area contributed by atoms with Crippen LogP contribution in [0.2, 0.25) is 0 Å². The normalized spacial score (nSPS) is 24.3. The first-order valence-corrected chi connectivity index (χ1v) is 16.9. The third-order valence-corrected chi connectivity index (χ3v) is 9.27. The van der Waals surface area contributed by atoms with Gasteiger partial charge in [-0.05, 0) is 60.6 Å². The van der Waals surface area contributed by atoms with E-state index in [-0.39, 0.29) is 37.6 Å². The summed E-state index contributed by atoms with van der Waals surface area (Å²) in [6.07, 6.45) is -5.97. The molecule has 2 saturated heterocycles. The highest BCUT2D eigenvalue weighted by atomic mass is 19.4. The van der Waals surface area contributed by atoms with Gasteiger partial charge in [-0.1, -0.05) is 13.0 Å². The maximum Gasteiger partial charge on any atom is 0.417 e. The molecule has 17 heteroatoms. The number of fused-ring (bicyclic) bond motifs is 1. The van der Waals surface area contributed by atoms with E-state index in [1.165, 1.54) is 24.1 Å². The Bertz CT molecular complexity index is 1810. The summed E-state index contributed by atoms with van der Waals surface area (Å²) in [5.41, 5.74) is -3.51. The molecule has 286 valence electrons. The lowest BCUT2D eigenvalue weighted by atomic mass is 9.77. The number of pyridine rings is 1. The zero-order valence-electron chi connectivity index (χ0n) is 30.6. The molecule has 0 spiro atoms. The van der Waals surface area contributed by atoms with Crippen molar-refractivity contribution in [3.05, 3.63) is 47.4 Å². The third kappa shape index (κ3) is 7.69. The van der Waals surface area contributed by atoms with Gasteiger partial charge in [-0.2, -0.15) is 17.6 Å². The number of ether oxygens (including phenoxy) is 4. The molecule has 0 bridgehead atoms. The Labute approximate surface area is 298 Å². The molecule has 5 rings (SSSR count). The fourth-order valence-corrected chi connectivity index (χ4v) is 6.65. The first-order chi connectivity index (χ1) is 24.0. The Balaban J connectivity index is 1.52. The van der Waals surface area contributed by atoms with E-state index in [1.807, 2.05) is 4.90 Å². The van der Waals surface area contributed by atoms with E-state index in [4.69, 9.17) is 23.9 Å². The zero-order valence-corrected chi connectivity index (χ0v) is 30.6. The number of benzene rings is 1. The van der Waals surface area contributed by atoms with Crippen LogP contribution in [-0.2, 0) is 14.2 Å². The molecule has 0 saturated carbocycles. The summed E-state index contributed by atoms with van der Waals surface area (Å²) in [6, 6.07) is 3.03. The number of alkyl halides is 3. The Morgan fingerprint density at radius 1 is 1.06 bits per heavy atom. The van der Waals surface area contributed by atoms with E-state index < -0.39 is 76.5 Å². The van der Waals surface area contributed by atoms with E-state index in [0.29, 0.717) is 16.9 Å². The first kappa shape index (κ1) is 38.8. The summed E-state index contributed by atoms with van der Waals surface area (Å²) in [5.74, 6) is -5.16. The van der Waals surface area contributed by atoms with Crippen molar-refractivity contribution in [2.75, 3.05) is 38.2 Å². The SMILES string of the molecule is COc1c([C@H]2[C@H](c3nc4c(N5CCN(C(=O)OC(C)(C)C)C(CNC(=O)OC(C)(C)C)C5)nccc4[nH]3)O[C@@](C)(C(F)(F)F)[C@H]2C)ccc(F)c1F. The minimum Gasteiger partial charge on any atom is -0.493 e. The molecule has 2 aromatic heterocycles. The van der Waals surface area contributed by atoms with Gasteiger partial charge in [0.1, 0.15) is 28.6 Å². The number of methoxy groups -OCH3 is 1. The van der Waals surface area contributed by atoms with Crippen LogP contribution >= 0.6 is 0 Å². The Kier molecular flexibility index (Phi) is 10.3. The van der Waals surface area contributed by atoms with Crippen molar-refractivity contribution in [3.63, 3.8) is 0 Å². The molecule has 0 radical (unpaired) electrons. The van der Waals surface area contributed by atoms with E-state index in [9.17, 15) is 31.5 Å². The van der Waals surface area contributed by atoms with E-state index >= 15 is 0 Å². The maximum atomic E-state index is 14.9. The van der Waals surface area contributed by atoms with Crippen LogP contribution in [0.5, 0.6) is 5.75 Å². The van der Waals surface area contributed by atoms with Crippen molar-refractivity contribution in [3.8, 4) is 5.75 Å². The number of anilines is 1. The Morgan fingerprint density at radius 2 is 1.73 bits per heavy atom. The number of hydrogen-bond donors (Lipinski definition) is 2. The number of amides is 2. The fourth-order valence-electron chi connectivity index (χ4n) is 6.65. The highest BCUT2D eigenvalue weighted by Gasteiger charge is 2.65. The van der Waals surface area contributed by atoms with Gasteiger partial charge in [0, 0.05) is 49.8 Å².